The van der Waals surface area contributed by atoms with Gasteiger partial charge in [0, 0.05) is 17.7 Å². The predicted octanol–water partition coefficient (Wildman–Crippen LogP) is 2.64. The first-order valence-corrected chi connectivity index (χ1v) is 5.26. The first-order valence-electron chi connectivity index (χ1n) is 5.26. The molecule has 0 saturated carbocycles. The summed E-state index contributed by atoms with van der Waals surface area (Å²) in [7, 11) is 0. The maximum absolute atomic E-state index is 2.20. The van der Waals surface area contributed by atoms with E-state index in [1.165, 1.54) is 16.7 Å². The van der Waals surface area contributed by atoms with Crippen molar-refractivity contribution >= 4 is 0 Å². The van der Waals surface area contributed by atoms with Crippen LogP contribution < -0.4 is 4.57 Å². The molecule has 76 valence electrons. The lowest BCUT2D eigenvalue weighted by molar-refractivity contribution is -0.688. The van der Waals surface area contributed by atoms with Gasteiger partial charge < -0.3 is 0 Å². The molecule has 0 aliphatic rings. The van der Waals surface area contributed by atoms with Crippen molar-refractivity contribution in [2.45, 2.75) is 20.4 Å². The molecule has 1 aromatic carbocycles. The maximum atomic E-state index is 2.20. The number of hydrogen-bond acceptors (Lipinski definition) is 0. The van der Waals surface area contributed by atoms with Gasteiger partial charge in [-0.1, -0.05) is 24.3 Å². The van der Waals surface area contributed by atoms with Gasteiger partial charge in [-0.05, 0) is 25.0 Å². The third-order valence-corrected chi connectivity index (χ3v) is 2.85. The van der Waals surface area contributed by atoms with Crippen molar-refractivity contribution < 1.29 is 4.57 Å². The van der Waals surface area contributed by atoms with Crippen molar-refractivity contribution in [3.63, 3.8) is 0 Å². The molecule has 0 spiro atoms. The van der Waals surface area contributed by atoms with E-state index >= 15 is 0 Å². The normalized spacial score (nSPS) is 10.3. The summed E-state index contributed by atoms with van der Waals surface area (Å²) >= 11 is 0. The highest BCUT2D eigenvalue weighted by Crippen LogP contribution is 2.11. The van der Waals surface area contributed by atoms with E-state index in [1.807, 2.05) is 6.07 Å². The third kappa shape index (κ3) is 2.24. The molecule has 0 aliphatic carbocycles. The quantitative estimate of drug-likeness (QED) is 0.653. The molecule has 1 aromatic heterocycles. The molecule has 0 radical (unpaired) electrons. The van der Waals surface area contributed by atoms with E-state index in [0.717, 1.165) is 6.54 Å². The van der Waals surface area contributed by atoms with E-state index in [0.29, 0.717) is 0 Å². The third-order valence-electron chi connectivity index (χ3n) is 2.85. The second-order valence-electron chi connectivity index (χ2n) is 3.91. The van der Waals surface area contributed by atoms with Gasteiger partial charge in [-0.15, -0.1) is 0 Å². The molecule has 0 saturated heterocycles. The van der Waals surface area contributed by atoms with E-state index in [1.54, 1.807) is 0 Å². The molecule has 0 bridgehead atoms. The van der Waals surface area contributed by atoms with E-state index in [9.17, 15) is 0 Å². The molecule has 0 amide bonds. The van der Waals surface area contributed by atoms with Crippen LogP contribution in [-0.4, -0.2) is 0 Å². The van der Waals surface area contributed by atoms with Crippen LogP contribution in [0.1, 0.15) is 16.7 Å². The highest BCUT2D eigenvalue weighted by molar-refractivity contribution is 5.32. The Morgan fingerprint density at radius 1 is 0.933 bits per heavy atom. The van der Waals surface area contributed by atoms with E-state index in [-0.39, 0.29) is 0 Å². The van der Waals surface area contributed by atoms with Crippen molar-refractivity contribution in [2.24, 2.45) is 0 Å². The summed E-state index contributed by atoms with van der Waals surface area (Å²) < 4.78 is 2.20. The van der Waals surface area contributed by atoms with Gasteiger partial charge in [0.25, 0.3) is 0 Å². The zero-order chi connectivity index (χ0) is 10.7. The number of aromatic nitrogens is 1. The molecule has 0 aliphatic heterocycles. The summed E-state index contributed by atoms with van der Waals surface area (Å²) in [5, 5.41) is 0. The van der Waals surface area contributed by atoms with Gasteiger partial charge in [-0.3, -0.25) is 0 Å². The Bertz CT molecular complexity index is 446. The fourth-order valence-electron chi connectivity index (χ4n) is 1.72. The average Bonchev–Trinajstić information content (AvgIpc) is 2.26. The van der Waals surface area contributed by atoms with Crippen LogP contribution in [-0.2, 0) is 6.54 Å². The lowest BCUT2D eigenvalue weighted by Gasteiger charge is -2.05. The predicted molar refractivity (Wildman–Crippen MR) is 61.7 cm³/mol. The van der Waals surface area contributed by atoms with Gasteiger partial charge in [-0.25, -0.2) is 4.57 Å². The average molecular weight is 198 g/mol. The number of benzene rings is 1. The van der Waals surface area contributed by atoms with Crippen LogP contribution in [0.15, 0.2) is 48.8 Å². The van der Waals surface area contributed by atoms with E-state index in [2.05, 4.69) is 61.1 Å². The second kappa shape index (κ2) is 4.26. The molecular formula is C14H16N+. The van der Waals surface area contributed by atoms with Gasteiger partial charge >= 0.3 is 0 Å². The minimum atomic E-state index is 0.953. The zero-order valence-electron chi connectivity index (χ0n) is 9.27. The zero-order valence-corrected chi connectivity index (χ0v) is 9.27. The molecule has 0 atom stereocenters. The summed E-state index contributed by atoms with van der Waals surface area (Å²) in [6.07, 6.45) is 4.20. The summed E-state index contributed by atoms with van der Waals surface area (Å²) in [4.78, 5) is 0. The van der Waals surface area contributed by atoms with Crippen molar-refractivity contribution in [2.75, 3.05) is 0 Å². The Morgan fingerprint density at radius 3 is 2.40 bits per heavy atom. The topological polar surface area (TPSA) is 3.88 Å². The Labute approximate surface area is 91.0 Å². The van der Waals surface area contributed by atoms with E-state index in [4.69, 9.17) is 0 Å². The minimum absolute atomic E-state index is 0.953. The lowest BCUT2D eigenvalue weighted by atomic mass is 10.0. The molecule has 2 aromatic rings. The summed E-state index contributed by atoms with van der Waals surface area (Å²) in [6, 6.07) is 12.6. The van der Waals surface area contributed by atoms with Gasteiger partial charge in [0.15, 0.2) is 18.9 Å². The number of rotatable bonds is 2. The molecule has 0 unspecified atom stereocenters. The largest absolute Gasteiger partial charge is 0.201 e. The Morgan fingerprint density at radius 2 is 1.67 bits per heavy atom. The van der Waals surface area contributed by atoms with Gasteiger partial charge in [0.1, 0.15) is 0 Å². The first kappa shape index (κ1) is 9.91. The Hall–Kier alpha value is -1.63. The van der Waals surface area contributed by atoms with Crippen LogP contribution in [0.2, 0.25) is 0 Å². The van der Waals surface area contributed by atoms with Crippen LogP contribution in [0, 0.1) is 13.8 Å². The Kier molecular flexibility index (Phi) is 2.82. The highest BCUT2D eigenvalue weighted by Gasteiger charge is 2.05. The van der Waals surface area contributed by atoms with E-state index < -0.39 is 0 Å². The highest BCUT2D eigenvalue weighted by atomic mass is 14.9. The van der Waals surface area contributed by atoms with Crippen LogP contribution in [0.4, 0.5) is 0 Å². The fraction of sp³-hybridized carbons (Fsp3) is 0.214. The molecule has 0 N–H and O–H groups in total. The molecule has 1 heteroatoms. The summed E-state index contributed by atoms with van der Waals surface area (Å²) in [6.45, 7) is 5.30. The minimum Gasteiger partial charge on any atom is -0.201 e. The number of pyridine rings is 1. The van der Waals surface area contributed by atoms with Crippen LogP contribution >= 0.6 is 0 Å². The van der Waals surface area contributed by atoms with Crippen molar-refractivity contribution in [1.29, 1.82) is 0 Å². The van der Waals surface area contributed by atoms with Gasteiger partial charge in [0.05, 0.1) is 0 Å². The SMILES string of the molecule is Cc1cccc(C[n+]2ccccc2)c1C. The van der Waals surface area contributed by atoms with Crippen LogP contribution in [0.25, 0.3) is 0 Å². The monoisotopic (exact) mass is 198 g/mol. The molecule has 0 fully saturated rings. The van der Waals surface area contributed by atoms with Crippen LogP contribution in [0.5, 0.6) is 0 Å². The van der Waals surface area contributed by atoms with Crippen LogP contribution in [0.3, 0.4) is 0 Å². The molecule has 15 heavy (non-hydrogen) atoms. The first-order chi connectivity index (χ1) is 7.27. The molecule has 1 heterocycles. The number of aryl methyl sites for hydroxylation is 1. The lowest BCUT2D eigenvalue weighted by Crippen LogP contribution is -2.33. The smallest absolute Gasteiger partial charge is 0.174 e. The fourth-order valence-corrected chi connectivity index (χ4v) is 1.72. The standard InChI is InChI=1S/C14H16N/c1-12-7-6-8-14(13(12)2)11-15-9-4-3-5-10-15/h3-10H,11H2,1-2H3/q+1. The summed E-state index contributed by atoms with van der Waals surface area (Å²) in [5.41, 5.74) is 4.16. The van der Waals surface area contributed by atoms with Crippen molar-refractivity contribution in [3.05, 3.63) is 65.5 Å². The van der Waals surface area contributed by atoms with Gasteiger partial charge in [-0.2, -0.15) is 0 Å². The number of hydrogen-bond donors (Lipinski definition) is 0. The molecule has 1 nitrogen and oxygen atoms in total. The Balaban J connectivity index is 2.29. The summed E-state index contributed by atoms with van der Waals surface area (Å²) in [5.74, 6) is 0. The molecular weight excluding hydrogens is 182 g/mol. The van der Waals surface area contributed by atoms with Gasteiger partial charge in [0.2, 0.25) is 0 Å². The second-order valence-corrected chi connectivity index (χ2v) is 3.91. The maximum Gasteiger partial charge on any atom is 0.174 e. The van der Waals surface area contributed by atoms with Crippen molar-refractivity contribution in [1.82, 2.24) is 0 Å². The number of nitrogens with zero attached hydrogens (tertiary/aromatic N) is 1. The van der Waals surface area contributed by atoms with Crippen molar-refractivity contribution in [3.8, 4) is 0 Å². The molecule has 2 rings (SSSR count).